The molecule has 2 unspecified atom stereocenters. The Hall–Kier alpha value is -0.160. The van der Waals surface area contributed by atoms with Gasteiger partial charge in [0.2, 0.25) is 0 Å². The van der Waals surface area contributed by atoms with Crippen LogP contribution in [0.15, 0.2) is 0 Å². The van der Waals surface area contributed by atoms with Gasteiger partial charge in [-0.05, 0) is 13.8 Å². The van der Waals surface area contributed by atoms with Crippen molar-refractivity contribution in [2.75, 3.05) is 6.61 Å². The summed E-state index contributed by atoms with van der Waals surface area (Å²) in [6, 6.07) is 0. The lowest BCUT2D eigenvalue weighted by atomic mass is 10.3. The molecule has 0 aromatic carbocycles. The summed E-state index contributed by atoms with van der Waals surface area (Å²) in [7, 11) is 0. The minimum absolute atomic E-state index is 0.394. The molecule has 2 N–H and O–H groups in total. The first-order valence-corrected chi connectivity index (χ1v) is 3.69. The Morgan fingerprint density at radius 2 is 2.18 bits per heavy atom. The first-order chi connectivity index (χ1) is 4.99. The lowest BCUT2D eigenvalue weighted by Gasteiger charge is -2.24. The van der Waals surface area contributed by atoms with Crippen molar-refractivity contribution >= 4 is 0 Å². The topological polar surface area (TPSA) is 58.9 Å². The van der Waals surface area contributed by atoms with E-state index in [1.54, 1.807) is 0 Å². The molecule has 0 amide bonds. The van der Waals surface area contributed by atoms with Gasteiger partial charge in [0.15, 0.2) is 12.1 Å². The van der Waals surface area contributed by atoms with Crippen molar-refractivity contribution in [1.82, 2.24) is 0 Å². The van der Waals surface area contributed by atoms with Crippen LogP contribution in [-0.4, -0.2) is 35.0 Å². The second-order valence-corrected chi connectivity index (χ2v) is 3.15. The third-order valence-electron chi connectivity index (χ3n) is 1.45. The Labute approximate surface area is 65.7 Å². The molecule has 1 rings (SSSR count). The molecule has 1 heterocycles. The van der Waals surface area contributed by atoms with Crippen LogP contribution in [0.5, 0.6) is 0 Å². The predicted octanol–water partition coefficient (Wildman–Crippen LogP) is -0.161. The van der Waals surface area contributed by atoms with Crippen LogP contribution in [0, 0.1) is 0 Å². The maximum absolute atomic E-state index is 9.21. The van der Waals surface area contributed by atoms with Gasteiger partial charge in [-0.25, -0.2) is 0 Å². The molecule has 1 aliphatic heterocycles. The van der Waals surface area contributed by atoms with Gasteiger partial charge >= 0.3 is 0 Å². The fourth-order valence-electron chi connectivity index (χ4n) is 1.04. The van der Waals surface area contributed by atoms with Crippen molar-refractivity contribution in [3.63, 3.8) is 0 Å². The van der Waals surface area contributed by atoms with Gasteiger partial charge in [0.25, 0.3) is 0 Å². The number of hydrogen-bond acceptors (Lipinski definition) is 4. The zero-order chi connectivity index (χ0) is 8.48. The van der Waals surface area contributed by atoms with Gasteiger partial charge in [-0.3, -0.25) is 0 Å². The molecule has 0 aromatic heterocycles. The molecular formula is C7H14O4. The summed E-state index contributed by atoms with van der Waals surface area (Å²) in [6.07, 6.45) is -0.651. The van der Waals surface area contributed by atoms with E-state index in [0.29, 0.717) is 13.0 Å². The molecule has 11 heavy (non-hydrogen) atoms. The van der Waals surface area contributed by atoms with Crippen molar-refractivity contribution < 1.29 is 19.7 Å². The predicted molar refractivity (Wildman–Crippen MR) is 37.7 cm³/mol. The molecule has 1 aliphatic rings. The molecule has 4 heteroatoms. The van der Waals surface area contributed by atoms with Crippen LogP contribution < -0.4 is 0 Å². The number of ether oxygens (including phenoxy) is 2. The van der Waals surface area contributed by atoms with Crippen molar-refractivity contribution in [2.45, 2.75) is 38.4 Å². The summed E-state index contributed by atoms with van der Waals surface area (Å²) in [6.45, 7) is 3.54. The highest BCUT2D eigenvalue weighted by molar-refractivity contribution is 4.70. The monoisotopic (exact) mass is 162 g/mol. The zero-order valence-corrected chi connectivity index (χ0v) is 6.78. The Bertz CT molecular complexity index is 129. The van der Waals surface area contributed by atoms with Crippen LogP contribution in [0.2, 0.25) is 0 Å². The molecular weight excluding hydrogens is 148 g/mol. The van der Waals surface area contributed by atoms with Gasteiger partial charge < -0.3 is 19.7 Å². The van der Waals surface area contributed by atoms with Crippen LogP contribution >= 0.6 is 0 Å². The van der Waals surface area contributed by atoms with Gasteiger partial charge in [0.05, 0.1) is 6.61 Å². The summed E-state index contributed by atoms with van der Waals surface area (Å²) in [5, 5.41) is 18.3. The maximum atomic E-state index is 9.21. The molecule has 0 aromatic rings. The van der Waals surface area contributed by atoms with Crippen molar-refractivity contribution in [3.8, 4) is 0 Å². The fourth-order valence-corrected chi connectivity index (χ4v) is 1.04. The Morgan fingerprint density at radius 1 is 1.55 bits per heavy atom. The van der Waals surface area contributed by atoms with E-state index in [4.69, 9.17) is 14.6 Å². The zero-order valence-electron chi connectivity index (χ0n) is 6.78. The Balaban J connectivity index is 2.37. The van der Waals surface area contributed by atoms with Crippen LogP contribution in [0.3, 0.4) is 0 Å². The van der Waals surface area contributed by atoms with Gasteiger partial charge in [0.1, 0.15) is 6.10 Å². The molecule has 1 fully saturated rings. The molecule has 66 valence electrons. The minimum atomic E-state index is -1.20. The van der Waals surface area contributed by atoms with E-state index >= 15 is 0 Å². The van der Waals surface area contributed by atoms with E-state index in [9.17, 15) is 5.11 Å². The van der Waals surface area contributed by atoms with Gasteiger partial charge in [-0.1, -0.05) is 0 Å². The molecule has 0 bridgehead atoms. The third kappa shape index (κ3) is 2.75. The normalized spacial score (nSPS) is 32.7. The standard InChI is InChI=1S/C7H14O4/c1-7(2,9)11-5-3-4-10-6(5)8/h5-6,8-9H,3-4H2,1-2H3. The highest BCUT2D eigenvalue weighted by Gasteiger charge is 2.31. The van der Waals surface area contributed by atoms with E-state index in [2.05, 4.69) is 0 Å². The van der Waals surface area contributed by atoms with Gasteiger partial charge in [-0.15, -0.1) is 0 Å². The fraction of sp³-hybridized carbons (Fsp3) is 1.00. The average Bonchev–Trinajstić information content (AvgIpc) is 2.12. The van der Waals surface area contributed by atoms with Crippen LogP contribution in [0.1, 0.15) is 20.3 Å². The first kappa shape index (κ1) is 8.93. The molecule has 0 saturated carbocycles. The largest absolute Gasteiger partial charge is 0.366 e. The SMILES string of the molecule is CC(C)(O)OC1CCOC1O. The van der Waals surface area contributed by atoms with E-state index < -0.39 is 18.2 Å². The van der Waals surface area contributed by atoms with Crippen LogP contribution in [-0.2, 0) is 9.47 Å². The van der Waals surface area contributed by atoms with E-state index in [0.717, 1.165) is 0 Å². The summed E-state index contributed by atoms with van der Waals surface area (Å²) >= 11 is 0. The second-order valence-electron chi connectivity index (χ2n) is 3.15. The first-order valence-electron chi connectivity index (χ1n) is 3.69. The highest BCUT2D eigenvalue weighted by Crippen LogP contribution is 2.19. The summed E-state index contributed by atoms with van der Waals surface area (Å²) in [5.41, 5.74) is 0. The molecule has 0 aliphatic carbocycles. The quantitative estimate of drug-likeness (QED) is 0.554. The lowest BCUT2D eigenvalue weighted by Crippen LogP contribution is -2.34. The van der Waals surface area contributed by atoms with Gasteiger partial charge in [0, 0.05) is 6.42 Å². The van der Waals surface area contributed by atoms with Crippen molar-refractivity contribution in [2.24, 2.45) is 0 Å². The third-order valence-corrected chi connectivity index (χ3v) is 1.45. The number of hydrogen-bond donors (Lipinski definition) is 2. The molecule has 0 spiro atoms. The molecule has 4 nitrogen and oxygen atoms in total. The number of aliphatic hydroxyl groups excluding tert-OH is 1. The van der Waals surface area contributed by atoms with E-state index in [-0.39, 0.29) is 0 Å². The average molecular weight is 162 g/mol. The second kappa shape index (κ2) is 3.06. The van der Waals surface area contributed by atoms with E-state index in [1.807, 2.05) is 0 Å². The summed E-state index contributed by atoms with van der Waals surface area (Å²) in [5.74, 6) is -1.20. The molecule has 1 saturated heterocycles. The Kier molecular flexibility index (Phi) is 2.49. The highest BCUT2D eigenvalue weighted by atomic mass is 16.7. The summed E-state index contributed by atoms with van der Waals surface area (Å²) < 4.78 is 9.92. The lowest BCUT2D eigenvalue weighted by molar-refractivity contribution is -0.240. The number of aliphatic hydroxyl groups is 2. The Morgan fingerprint density at radius 3 is 2.55 bits per heavy atom. The smallest absolute Gasteiger partial charge is 0.181 e. The summed E-state index contributed by atoms with van der Waals surface area (Å²) in [4.78, 5) is 0. The minimum Gasteiger partial charge on any atom is -0.366 e. The van der Waals surface area contributed by atoms with E-state index in [1.165, 1.54) is 13.8 Å². The molecule has 2 atom stereocenters. The van der Waals surface area contributed by atoms with Crippen molar-refractivity contribution in [3.05, 3.63) is 0 Å². The maximum Gasteiger partial charge on any atom is 0.181 e. The molecule has 0 radical (unpaired) electrons. The number of rotatable bonds is 2. The van der Waals surface area contributed by atoms with Crippen LogP contribution in [0.25, 0.3) is 0 Å². The van der Waals surface area contributed by atoms with Crippen LogP contribution in [0.4, 0.5) is 0 Å². The van der Waals surface area contributed by atoms with Gasteiger partial charge in [-0.2, -0.15) is 0 Å². The van der Waals surface area contributed by atoms with Crippen molar-refractivity contribution in [1.29, 1.82) is 0 Å².